The van der Waals surface area contributed by atoms with E-state index >= 15 is 0 Å². The van der Waals surface area contributed by atoms with Gasteiger partial charge >= 0.3 is 0 Å². The number of hydrogen-bond donors (Lipinski definition) is 1. The van der Waals surface area contributed by atoms with Gasteiger partial charge in [0, 0.05) is 18.8 Å². The summed E-state index contributed by atoms with van der Waals surface area (Å²) < 4.78 is 5.37. The summed E-state index contributed by atoms with van der Waals surface area (Å²) in [7, 11) is 0. The average molecular weight is 243 g/mol. The highest BCUT2D eigenvalue weighted by atomic mass is 16.5. The number of nitrogens with zero attached hydrogens (tertiary/aromatic N) is 1. The maximum Gasteiger partial charge on any atom is 0.119 e. The molecule has 1 aromatic heterocycles. The van der Waals surface area contributed by atoms with Crippen molar-refractivity contribution in [3.05, 3.63) is 59.9 Å². The highest BCUT2D eigenvalue weighted by molar-refractivity contribution is 5.29. The van der Waals surface area contributed by atoms with E-state index in [9.17, 15) is 5.11 Å². The summed E-state index contributed by atoms with van der Waals surface area (Å²) >= 11 is 0. The molecule has 0 aliphatic carbocycles. The maximum absolute atomic E-state index is 10.1. The molecule has 3 nitrogen and oxygen atoms in total. The molecule has 94 valence electrons. The van der Waals surface area contributed by atoms with Crippen molar-refractivity contribution in [1.29, 1.82) is 0 Å². The summed E-state index contributed by atoms with van der Waals surface area (Å²) in [5, 5.41) is 10.1. The van der Waals surface area contributed by atoms with E-state index < -0.39 is 6.10 Å². The van der Waals surface area contributed by atoms with Crippen molar-refractivity contribution >= 4 is 0 Å². The highest BCUT2D eigenvalue weighted by Gasteiger charge is 2.08. The van der Waals surface area contributed by atoms with E-state index in [2.05, 4.69) is 4.98 Å². The molecule has 1 aromatic carbocycles. The number of aliphatic hydroxyl groups is 1. The van der Waals surface area contributed by atoms with Gasteiger partial charge in [-0.05, 0) is 36.2 Å². The topological polar surface area (TPSA) is 42.4 Å². The van der Waals surface area contributed by atoms with Gasteiger partial charge in [-0.2, -0.15) is 0 Å². The zero-order valence-electron chi connectivity index (χ0n) is 10.4. The Kier molecular flexibility index (Phi) is 4.31. The van der Waals surface area contributed by atoms with E-state index in [1.54, 1.807) is 12.4 Å². The van der Waals surface area contributed by atoms with Gasteiger partial charge in [-0.1, -0.05) is 18.2 Å². The first-order valence-corrected chi connectivity index (χ1v) is 6.09. The fourth-order valence-electron chi connectivity index (χ4n) is 1.81. The molecule has 1 N–H and O–H groups in total. The highest BCUT2D eigenvalue weighted by Crippen LogP contribution is 2.20. The number of ether oxygens (including phenoxy) is 1. The van der Waals surface area contributed by atoms with Gasteiger partial charge in [-0.15, -0.1) is 0 Å². The summed E-state index contributed by atoms with van der Waals surface area (Å²) in [5.41, 5.74) is 1.92. The van der Waals surface area contributed by atoms with Gasteiger partial charge in [-0.25, -0.2) is 0 Å². The fourth-order valence-corrected chi connectivity index (χ4v) is 1.81. The summed E-state index contributed by atoms with van der Waals surface area (Å²) in [6.45, 7) is 2.60. The normalized spacial score (nSPS) is 12.1. The van der Waals surface area contributed by atoms with Crippen LogP contribution in [0.4, 0.5) is 0 Å². The third kappa shape index (κ3) is 3.31. The molecule has 0 saturated heterocycles. The van der Waals surface area contributed by atoms with Crippen LogP contribution in [0.2, 0.25) is 0 Å². The second kappa shape index (κ2) is 6.17. The summed E-state index contributed by atoms with van der Waals surface area (Å²) in [4.78, 5) is 4.04. The predicted octanol–water partition coefficient (Wildman–Crippen LogP) is 2.76. The molecule has 0 radical (unpaired) electrons. The number of rotatable bonds is 5. The van der Waals surface area contributed by atoms with Gasteiger partial charge in [0.15, 0.2) is 0 Å². The molecule has 0 amide bonds. The van der Waals surface area contributed by atoms with Gasteiger partial charge in [0.2, 0.25) is 0 Å². The molecule has 1 unspecified atom stereocenters. The van der Waals surface area contributed by atoms with Crippen LogP contribution >= 0.6 is 0 Å². The first kappa shape index (κ1) is 12.6. The van der Waals surface area contributed by atoms with Crippen LogP contribution in [-0.4, -0.2) is 16.7 Å². The standard InChI is InChI=1S/C15H17NO2/c1-2-18-14-7-5-13(6-8-14)15(17)10-12-4-3-9-16-11-12/h3-9,11,15,17H,2,10H2,1H3. The molecule has 0 aliphatic heterocycles. The van der Waals surface area contributed by atoms with Crippen molar-refractivity contribution in [2.24, 2.45) is 0 Å². The van der Waals surface area contributed by atoms with Crippen molar-refractivity contribution in [2.45, 2.75) is 19.4 Å². The maximum atomic E-state index is 10.1. The largest absolute Gasteiger partial charge is 0.494 e. The Bertz CT molecular complexity index is 468. The molecule has 2 aromatic rings. The molecule has 1 atom stereocenters. The first-order valence-electron chi connectivity index (χ1n) is 6.09. The first-order chi connectivity index (χ1) is 8.79. The van der Waals surface area contributed by atoms with E-state index in [0.717, 1.165) is 16.9 Å². The van der Waals surface area contributed by atoms with Crippen molar-refractivity contribution in [3.63, 3.8) is 0 Å². The van der Waals surface area contributed by atoms with Crippen LogP contribution in [0.25, 0.3) is 0 Å². The second-order valence-electron chi connectivity index (χ2n) is 4.08. The molecule has 3 heteroatoms. The van der Waals surface area contributed by atoms with Crippen LogP contribution < -0.4 is 4.74 Å². The molecule has 0 saturated carbocycles. The fraction of sp³-hybridized carbons (Fsp3) is 0.267. The third-order valence-corrected chi connectivity index (χ3v) is 2.73. The lowest BCUT2D eigenvalue weighted by atomic mass is 10.0. The van der Waals surface area contributed by atoms with Crippen LogP contribution in [0, 0.1) is 0 Å². The minimum Gasteiger partial charge on any atom is -0.494 e. The molecule has 18 heavy (non-hydrogen) atoms. The monoisotopic (exact) mass is 243 g/mol. The van der Waals surface area contributed by atoms with Crippen molar-refractivity contribution in [1.82, 2.24) is 4.98 Å². The Labute approximate surface area is 107 Å². The second-order valence-corrected chi connectivity index (χ2v) is 4.08. The van der Waals surface area contributed by atoms with Crippen LogP contribution in [0.5, 0.6) is 5.75 Å². The van der Waals surface area contributed by atoms with Crippen LogP contribution in [0.15, 0.2) is 48.8 Å². The number of hydrogen-bond acceptors (Lipinski definition) is 3. The van der Waals surface area contributed by atoms with E-state index in [-0.39, 0.29) is 0 Å². The molecular weight excluding hydrogens is 226 g/mol. The molecule has 0 aliphatic rings. The van der Waals surface area contributed by atoms with E-state index in [4.69, 9.17) is 4.74 Å². The van der Waals surface area contributed by atoms with Gasteiger partial charge in [-0.3, -0.25) is 4.98 Å². The Hall–Kier alpha value is -1.87. The van der Waals surface area contributed by atoms with E-state index in [1.165, 1.54) is 0 Å². The molecule has 0 fully saturated rings. The van der Waals surface area contributed by atoms with Gasteiger partial charge in [0.05, 0.1) is 12.7 Å². The zero-order valence-corrected chi connectivity index (χ0v) is 10.4. The molecular formula is C15H17NO2. The van der Waals surface area contributed by atoms with Gasteiger partial charge in [0.25, 0.3) is 0 Å². The lowest BCUT2D eigenvalue weighted by molar-refractivity contribution is 0.178. The van der Waals surface area contributed by atoms with Gasteiger partial charge < -0.3 is 9.84 Å². The zero-order chi connectivity index (χ0) is 12.8. The molecule has 0 spiro atoms. The Morgan fingerprint density at radius 2 is 2.00 bits per heavy atom. The SMILES string of the molecule is CCOc1ccc(C(O)Cc2cccnc2)cc1. The van der Waals surface area contributed by atoms with Crippen molar-refractivity contribution in [3.8, 4) is 5.75 Å². The summed E-state index contributed by atoms with van der Waals surface area (Å²) in [6, 6.07) is 11.4. The lowest BCUT2D eigenvalue weighted by Gasteiger charge is -2.11. The van der Waals surface area contributed by atoms with Crippen LogP contribution in [-0.2, 0) is 6.42 Å². The molecule has 0 bridgehead atoms. The third-order valence-electron chi connectivity index (χ3n) is 2.73. The van der Waals surface area contributed by atoms with E-state index in [1.807, 2.05) is 43.3 Å². The smallest absolute Gasteiger partial charge is 0.119 e. The number of aliphatic hydroxyl groups excluding tert-OH is 1. The minimum atomic E-state index is -0.509. The van der Waals surface area contributed by atoms with Crippen molar-refractivity contribution < 1.29 is 9.84 Å². The predicted molar refractivity (Wildman–Crippen MR) is 70.5 cm³/mol. The van der Waals surface area contributed by atoms with Gasteiger partial charge in [0.1, 0.15) is 5.75 Å². The Morgan fingerprint density at radius 1 is 1.22 bits per heavy atom. The minimum absolute atomic E-state index is 0.509. The average Bonchev–Trinajstić information content (AvgIpc) is 2.41. The number of aromatic nitrogens is 1. The van der Waals surface area contributed by atoms with E-state index in [0.29, 0.717) is 13.0 Å². The van der Waals surface area contributed by atoms with Crippen LogP contribution in [0.3, 0.4) is 0 Å². The Morgan fingerprint density at radius 3 is 2.61 bits per heavy atom. The quantitative estimate of drug-likeness (QED) is 0.878. The molecule has 1 heterocycles. The number of pyridine rings is 1. The lowest BCUT2D eigenvalue weighted by Crippen LogP contribution is -2.02. The van der Waals surface area contributed by atoms with Crippen LogP contribution in [0.1, 0.15) is 24.2 Å². The number of benzene rings is 1. The summed E-state index contributed by atoms with van der Waals surface area (Å²) in [6.07, 6.45) is 3.57. The van der Waals surface area contributed by atoms with Crippen molar-refractivity contribution in [2.75, 3.05) is 6.61 Å². The molecule has 2 rings (SSSR count). The summed E-state index contributed by atoms with van der Waals surface area (Å²) in [5.74, 6) is 0.829. The Balaban J connectivity index is 2.02.